The second-order valence-electron chi connectivity index (χ2n) is 13.8. The SMILES string of the molecule is c1ccc(-c2ccc(-c3cc(-c4ccc(-n5c6c(c7ccccc75)CCCCCC6)cc4)cc(-c4ccc(-c5ccccc5)cc4)n3)cc2)cc1. The fraction of sp³-hybridized carbons (Fsp3) is 0.122. The molecule has 0 amide bonds. The van der Waals surface area contributed by atoms with Gasteiger partial charge in [-0.3, -0.25) is 0 Å². The second kappa shape index (κ2) is 13.7. The van der Waals surface area contributed by atoms with E-state index in [-0.39, 0.29) is 0 Å². The molecule has 51 heavy (non-hydrogen) atoms. The first kappa shape index (κ1) is 31.0. The molecule has 246 valence electrons. The van der Waals surface area contributed by atoms with E-state index >= 15 is 0 Å². The maximum Gasteiger partial charge on any atom is 0.0715 e. The average Bonchev–Trinajstić information content (AvgIpc) is 3.50. The quantitative estimate of drug-likeness (QED) is 0.174. The molecule has 2 aromatic heterocycles. The molecule has 0 bridgehead atoms. The number of pyridine rings is 1. The summed E-state index contributed by atoms with van der Waals surface area (Å²) in [7, 11) is 0. The zero-order chi connectivity index (χ0) is 34.0. The zero-order valence-electron chi connectivity index (χ0n) is 28.8. The van der Waals surface area contributed by atoms with Gasteiger partial charge in [-0.1, -0.05) is 152 Å². The minimum atomic E-state index is 0.969. The minimum absolute atomic E-state index is 0.969. The van der Waals surface area contributed by atoms with Crippen molar-refractivity contribution in [2.75, 3.05) is 0 Å². The summed E-state index contributed by atoms with van der Waals surface area (Å²) in [5, 5.41) is 1.42. The van der Waals surface area contributed by atoms with Crippen LogP contribution in [-0.2, 0) is 12.8 Å². The topological polar surface area (TPSA) is 17.8 Å². The van der Waals surface area contributed by atoms with E-state index in [1.807, 2.05) is 0 Å². The molecule has 0 radical (unpaired) electrons. The lowest BCUT2D eigenvalue weighted by Gasteiger charge is -2.16. The fourth-order valence-electron chi connectivity index (χ4n) is 7.87. The van der Waals surface area contributed by atoms with Crippen molar-refractivity contribution in [2.24, 2.45) is 0 Å². The summed E-state index contributed by atoms with van der Waals surface area (Å²) >= 11 is 0. The molecule has 0 aliphatic heterocycles. The highest BCUT2D eigenvalue weighted by atomic mass is 15.0. The van der Waals surface area contributed by atoms with Gasteiger partial charge in [-0.15, -0.1) is 0 Å². The van der Waals surface area contributed by atoms with Crippen molar-refractivity contribution in [3.05, 3.63) is 181 Å². The number of nitrogens with zero attached hydrogens (tertiary/aromatic N) is 2. The molecule has 0 fully saturated rings. The summed E-state index contributed by atoms with van der Waals surface area (Å²) in [5.41, 5.74) is 16.9. The third-order valence-corrected chi connectivity index (χ3v) is 10.5. The molecular weight excluding hydrogens is 617 g/mol. The predicted octanol–water partition coefficient (Wildman–Crippen LogP) is 13.0. The Labute approximate surface area is 300 Å². The van der Waals surface area contributed by atoms with Crippen LogP contribution < -0.4 is 0 Å². The summed E-state index contributed by atoms with van der Waals surface area (Å²) in [6.07, 6.45) is 7.48. The lowest BCUT2D eigenvalue weighted by atomic mass is 9.96. The van der Waals surface area contributed by atoms with Crippen LogP contribution in [0.1, 0.15) is 36.9 Å². The van der Waals surface area contributed by atoms with Crippen LogP contribution >= 0.6 is 0 Å². The van der Waals surface area contributed by atoms with Gasteiger partial charge in [-0.25, -0.2) is 4.98 Å². The molecule has 0 saturated carbocycles. The Balaban J connectivity index is 1.12. The highest BCUT2D eigenvalue weighted by molar-refractivity contribution is 5.88. The molecular formula is C49H40N2. The third-order valence-electron chi connectivity index (χ3n) is 10.5. The Bertz CT molecular complexity index is 2320. The van der Waals surface area contributed by atoms with Crippen LogP contribution in [0.3, 0.4) is 0 Å². The molecule has 0 N–H and O–H groups in total. The predicted molar refractivity (Wildman–Crippen MR) is 214 cm³/mol. The molecule has 1 aliphatic rings. The van der Waals surface area contributed by atoms with Crippen molar-refractivity contribution in [3.63, 3.8) is 0 Å². The van der Waals surface area contributed by atoms with Gasteiger partial charge < -0.3 is 4.57 Å². The van der Waals surface area contributed by atoms with Gasteiger partial charge in [-0.05, 0) is 95.0 Å². The van der Waals surface area contributed by atoms with E-state index in [9.17, 15) is 0 Å². The molecule has 2 heterocycles. The third kappa shape index (κ3) is 6.19. The van der Waals surface area contributed by atoms with E-state index < -0.39 is 0 Å². The van der Waals surface area contributed by atoms with Gasteiger partial charge in [0.25, 0.3) is 0 Å². The lowest BCUT2D eigenvalue weighted by molar-refractivity contribution is 0.608. The number of aryl methyl sites for hydroxylation is 1. The molecule has 0 saturated heterocycles. The zero-order valence-corrected chi connectivity index (χ0v) is 28.8. The Morgan fingerprint density at radius 1 is 0.373 bits per heavy atom. The summed E-state index contributed by atoms with van der Waals surface area (Å²) in [4.78, 5) is 5.26. The van der Waals surface area contributed by atoms with Crippen LogP contribution in [0.15, 0.2) is 170 Å². The Morgan fingerprint density at radius 2 is 0.824 bits per heavy atom. The van der Waals surface area contributed by atoms with Gasteiger partial charge >= 0.3 is 0 Å². The van der Waals surface area contributed by atoms with E-state index in [0.29, 0.717) is 0 Å². The maximum atomic E-state index is 5.26. The monoisotopic (exact) mass is 656 g/mol. The van der Waals surface area contributed by atoms with E-state index in [1.54, 1.807) is 5.56 Å². The van der Waals surface area contributed by atoms with Crippen molar-refractivity contribution >= 4 is 10.9 Å². The van der Waals surface area contributed by atoms with Crippen molar-refractivity contribution in [2.45, 2.75) is 38.5 Å². The fourth-order valence-corrected chi connectivity index (χ4v) is 7.87. The van der Waals surface area contributed by atoms with Crippen LogP contribution in [0, 0.1) is 0 Å². The number of hydrogen-bond donors (Lipinski definition) is 0. The number of benzene rings is 6. The van der Waals surface area contributed by atoms with Crippen molar-refractivity contribution in [3.8, 4) is 61.6 Å². The Morgan fingerprint density at radius 3 is 1.41 bits per heavy atom. The van der Waals surface area contributed by atoms with Crippen LogP contribution in [0.2, 0.25) is 0 Å². The Kier molecular flexibility index (Phi) is 8.35. The van der Waals surface area contributed by atoms with Crippen LogP contribution in [-0.4, -0.2) is 9.55 Å². The summed E-state index contributed by atoms with van der Waals surface area (Å²) in [6.45, 7) is 0. The van der Waals surface area contributed by atoms with E-state index in [4.69, 9.17) is 4.98 Å². The summed E-state index contributed by atoms with van der Waals surface area (Å²) in [6, 6.07) is 61.4. The smallest absolute Gasteiger partial charge is 0.0715 e. The molecule has 8 aromatic rings. The Hall–Kier alpha value is -5.99. The first-order valence-corrected chi connectivity index (χ1v) is 18.3. The first-order chi connectivity index (χ1) is 25.3. The van der Waals surface area contributed by atoms with Gasteiger partial charge in [0.2, 0.25) is 0 Å². The normalized spacial score (nSPS) is 13.0. The van der Waals surface area contributed by atoms with Gasteiger partial charge in [0.05, 0.1) is 16.9 Å². The van der Waals surface area contributed by atoms with E-state index in [0.717, 1.165) is 34.5 Å². The lowest BCUT2D eigenvalue weighted by Crippen LogP contribution is -2.05. The molecule has 9 rings (SSSR count). The molecule has 2 nitrogen and oxygen atoms in total. The highest BCUT2D eigenvalue weighted by Crippen LogP contribution is 2.36. The van der Waals surface area contributed by atoms with Crippen LogP contribution in [0.5, 0.6) is 0 Å². The number of rotatable bonds is 6. The first-order valence-electron chi connectivity index (χ1n) is 18.3. The van der Waals surface area contributed by atoms with Gasteiger partial charge in [0.15, 0.2) is 0 Å². The van der Waals surface area contributed by atoms with Gasteiger partial charge in [0, 0.05) is 27.9 Å². The molecule has 0 unspecified atom stereocenters. The van der Waals surface area contributed by atoms with Crippen molar-refractivity contribution < 1.29 is 0 Å². The number of aromatic nitrogens is 2. The number of para-hydroxylation sites is 1. The van der Waals surface area contributed by atoms with Crippen LogP contribution in [0.4, 0.5) is 0 Å². The number of fused-ring (bicyclic) bond motifs is 3. The standard InChI is InChI=1S/C49H40N2/c1-2-10-19-48-44(17-9-1)45-18-11-12-20-49(45)51(48)43-31-29-39(30-32-43)42-33-46(40-25-21-37(22-26-40)35-13-5-3-6-14-35)50-47(34-42)41-27-23-38(24-28-41)36-15-7-4-8-16-36/h3-8,11-16,18,20-34H,1-2,9-10,17,19H2. The maximum absolute atomic E-state index is 5.26. The highest BCUT2D eigenvalue weighted by Gasteiger charge is 2.19. The molecule has 0 spiro atoms. The van der Waals surface area contributed by atoms with E-state index in [1.165, 1.54) is 82.2 Å². The van der Waals surface area contributed by atoms with Crippen molar-refractivity contribution in [1.82, 2.24) is 9.55 Å². The van der Waals surface area contributed by atoms with Gasteiger partial charge in [0.1, 0.15) is 0 Å². The molecule has 2 heteroatoms. The van der Waals surface area contributed by atoms with Gasteiger partial charge in [-0.2, -0.15) is 0 Å². The molecule has 0 atom stereocenters. The van der Waals surface area contributed by atoms with E-state index in [2.05, 4.69) is 174 Å². The van der Waals surface area contributed by atoms with Crippen molar-refractivity contribution in [1.29, 1.82) is 0 Å². The summed E-state index contributed by atoms with van der Waals surface area (Å²) in [5.74, 6) is 0. The van der Waals surface area contributed by atoms with Crippen LogP contribution in [0.25, 0.3) is 72.5 Å². The minimum Gasteiger partial charge on any atom is -0.313 e. The molecule has 6 aromatic carbocycles. The average molecular weight is 657 g/mol. The second-order valence-corrected chi connectivity index (χ2v) is 13.8. The largest absolute Gasteiger partial charge is 0.313 e. The summed E-state index contributed by atoms with van der Waals surface area (Å²) < 4.78 is 2.53. The number of hydrogen-bond acceptors (Lipinski definition) is 1. The molecule has 1 aliphatic carbocycles.